The van der Waals surface area contributed by atoms with Crippen molar-refractivity contribution in [2.24, 2.45) is 0 Å². The van der Waals surface area contributed by atoms with Crippen LogP contribution in [0.1, 0.15) is 42.5 Å². The largest absolute Gasteiger partial charge is 0.477 e. The van der Waals surface area contributed by atoms with E-state index < -0.39 is 5.97 Å². The number of rotatable bonds is 7. The summed E-state index contributed by atoms with van der Waals surface area (Å²) in [6.45, 7) is 0. The van der Waals surface area contributed by atoms with Gasteiger partial charge in [0.2, 0.25) is 5.95 Å². The maximum absolute atomic E-state index is 11.8. The van der Waals surface area contributed by atoms with E-state index in [1.54, 1.807) is 0 Å². The van der Waals surface area contributed by atoms with Crippen molar-refractivity contribution < 1.29 is 14.6 Å². The van der Waals surface area contributed by atoms with Gasteiger partial charge in [0, 0.05) is 19.3 Å². The number of nitrogens with zero attached hydrogens (tertiary/aromatic N) is 3. The van der Waals surface area contributed by atoms with E-state index >= 15 is 0 Å². The Morgan fingerprint density at radius 2 is 1.77 bits per heavy atom. The Hall–Kier alpha value is -3.61. The zero-order valence-corrected chi connectivity index (χ0v) is 17.5. The molecule has 0 unspecified atom stereocenters. The van der Waals surface area contributed by atoms with Gasteiger partial charge in [-0.1, -0.05) is 49.6 Å². The van der Waals surface area contributed by atoms with Gasteiger partial charge in [-0.15, -0.1) is 0 Å². The van der Waals surface area contributed by atoms with Crippen LogP contribution in [-0.4, -0.2) is 34.1 Å². The number of carbonyl (C=O) groups is 1. The molecule has 2 N–H and O–H groups in total. The summed E-state index contributed by atoms with van der Waals surface area (Å²) in [5.74, 6) is 0.933. The number of aromatic carboxylic acids is 1. The molecule has 0 atom stereocenters. The molecule has 1 aromatic heterocycles. The third-order valence-electron chi connectivity index (χ3n) is 5.56. The molecule has 0 radical (unpaired) electrons. The van der Waals surface area contributed by atoms with Gasteiger partial charge in [-0.2, -0.15) is 4.98 Å². The lowest BCUT2D eigenvalue weighted by Crippen LogP contribution is -2.34. The fraction of sp³-hybridized carbons (Fsp3) is 0.292. The minimum atomic E-state index is -1.09. The average molecular weight is 418 g/mol. The quantitative estimate of drug-likeness (QED) is 0.525. The van der Waals surface area contributed by atoms with Crippen molar-refractivity contribution in [3.63, 3.8) is 0 Å². The highest BCUT2D eigenvalue weighted by molar-refractivity contribution is 5.94. The summed E-state index contributed by atoms with van der Waals surface area (Å²) in [6.07, 6.45) is 7.20. The van der Waals surface area contributed by atoms with Crippen molar-refractivity contribution in [1.82, 2.24) is 9.97 Å². The van der Waals surface area contributed by atoms with E-state index in [9.17, 15) is 9.90 Å². The standard InChI is InChI=1S/C24H26N4O3/c1-28(17-10-4-2-5-11-17)24-25-16-19(23(29)30)22(27-24)26-20-14-8-9-15-21(20)31-18-12-6-3-7-13-18/h3,6-9,12-17H,2,4-5,10-11H2,1H3,(H,29,30)(H,25,26,27). The first-order valence-corrected chi connectivity index (χ1v) is 10.5. The topological polar surface area (TPSA) is 87.6 Å². The van der Waals surface area contributed by atoms with Crippen LogP contribution < -0.4 is 15.0 Å². The number of para-hydroxylation sites is 3. The third-order valence-corrected chi connectivity index (χ3v) is 5.56. The summed E-state index contributed by atoms with van der Waals surface area (Å²) in [4.78, 5) is 22.8. The number of hydrogen-bond acceptors (Lipinski definition) is 6. The fourth-order valence-electron chi connectivity index (χ4n) is 3.83. The second-order valence-corrected chi connectivity index (χ2v) is 7.68. The van der Waals surface area contributed by atoms with Crippen LogP contribution in [0.15, 0.2) is 60.8 Å². The first-order valence-electron chi connectivity index (χ1n) is 10.5. The van der Waals surface area contributed by atoms with E-state index in [2.05, 4.69) is 20.2 Å². The molecule has 160 valence electrons. The van der Waals surface area contributed by atoms with Crippen LogP contribution in [0.3, 0.4) is 0 Å². The van der Waals surface area contributed by atoms with Crippen molar-refractivity contribution in [2.75, 3.05) is 17.3 Å². The molecular formula is C24H26N4O3. The predicted molar refractivity (Wildman–Crippen MR) is 121 cm³/mol. The van der Waals surface area contributed by atoms with Gasteiger partial charge in [0.05, 0.1) is 5.69 Å². The Labute approximate surface area is 181 Å². The summed E-state index contributed by atoms with van der Waals surface area (Å²) in [5, 5.41) is 12.8. The molecule has 7 heteroatoms. The van der Waals surface area contributed by atoms with Crippen molar-refractivity contribution in [3.05, 3.63) is 66.4 Å². The smallest absolute Gasteiger partial charge is 0.341 e. The Kier molecular flexibility index (Phi) is 6.31. The Bertz CT molecular complexity index is 1040. The molecule has 31 heavy (non-hydrogen) atoms. The molecule has 0 bridgehead atoms. The highest BCUT2D eigenvalue weighted by atomic mass is 16.5. The Morgan fingerprint density at radius 3 is 2.52 bits per heavy atom. The molecule has 0 spiro atoms. The normalized spacial score (nSPS) is 14.1. The molecule has 3 aromatic rings. The summed E-state index contributed by atoms with van der Waals surface area (Å²) in [7, 11) is 1.97. The SMILES string of the molecule is CN(c1ncc(C(=O)O)c(Nc2ccccc2Oc2ccccc2)n1)C1CCCCC1. The van der Waals surface area contributed by atoms with E-state index in [-0.39, 0.29) is 11.4 Å². The average Bonchev–Trinajstić information content (AvgIpc) is 2.81. The first kappa shape index (κ1) is 20.7. The van der Waals surface area contributed by atoms with Crippen LogP contribution in [-0.2, 0) is 0 Å². The Morgan fingerprint density at radius 1 is 1.06 bits per heavy atom. The first-order chi connectivity index (χ1) is 15.1. The van der Waals surface area contributed by atoms with Crippen molar-refractivity contribution in [1.29, 1.82) is 0 Å². The maximum Gasteiger partial charge on any atom is 0.341 e. The van der Waals surface area contributed by atoms with Crippen LogP contribution in [0.25, 0.3) is 0 Å². The van der Waals surface area contributed by atoms with Crippen LogP contribution in [0.5, 0.6) is 11.5 Å². The molecule has 1 heterocycles. The van der Waals surface area contributed by atoms with E-state index in [0.29, 0.717) is 29.2 Å². The lowest BCUT2D eigenvalue weighted by molar-refractivity contribution is 0.0697. The van der Waals surface area contributed by atoms with Gasteiger partial charge in [0.1, 0.15) is 11.3 Å². The van der Waals surface area contributed by atoms with E-state index in [1.807, 2.05) is 61.6 Å². The Balaban J connectivity index is 1.63. The van der Waals surface area contributed by atoms with Crippen molar-refractivity contribution in [2.45, 2.75) is 38.1 Å². The number of hydrogen-bond donors (Lipinski definition) is 2. The van der Waals surface area contributed by atoms with E-state index in [0.717, 1.165) is 12.8 Å². The van der Waals surface area contributed by atoms with E-state index in [4.69, 9.17) is 4.74 Å². The van der Waals surface area contributed by atoms with Crippen LogP contribution in [0, 0.1) is 0 Å². The van der Waals surface area contributed by atoms with Gasteiger partial charge in [0.25, 0.3) is 0 Å². The lowest BCUT2D eigenvalue weighted by Gasteiger charge is -2.31. The lowest BCUT2D eigenvalue weighted by atomic mass is 9.95. The number of carboxylic acid groups (broad SMARTS) is 1. The zero-order chi connectivity index (χ0) is 21.6. The zero-order valence-electron chi connectivity index (χ0n) is 17.5. The van der Waals surface area contributed by atoms with Crippen molar-refractivity contribution in [3.8, 4) is 11.5 Å². The van der Waals surface area contributed by atoms with Gasteiger partial charge in [-0.3, -0.25) is 0 Å². The molecular weight excluding hydrogens is 392 g/mol. The van der Waals surface area contributed by atoms with Crippen LogP contribution in [0.2, 0.25) is 0 Å². The third kappa shape index (κ3) is 4.94. The summed E-state index contributed by atoms with van der Waals surface area (Å²) in [5.41, 5.74) is 0.633. The van der Waals surface area contributed by atoms with Gasteiger partial charge >= 0.3 is 5.97 Å². The molecule has 7 nitrogen and oxygen atoms in total. The molecule has 4 rings (SSSR count). The molecule has 0 aliphatic heterocycles. The van der Waals surface area contributed by atoms with Crippen molar-refractivity contribution >= 4 is 23.4 Å². The van der Waals surface area contributed by atoms with Gasteiger partial charge in [-0.25, -0.2) is 9.78 Å². The second-order valence-electron chi connectivity index (χ2n) is 7.68. The van der Waals surface area contributed by atoms with Crippen LogP contribution >= 0.6 is 0 Å². The number of nitrogens with one attached hydrogen (secondary N) is 1. The highest BCUT2D eigenvalue weighted by Crippen LogP contribution is 2.33. The molecule has 0 amide bonds. The number of anilines is 3. The molecule has 1 fully saturated rings. The predicted octanol–water partition coefficient (Wildman–Crippen LogP) is 5.48. The van der Waals surface area contributed by atoms with Gasteiger partial charge < -0.3 is 20.1 Å². The molecule has 0 saturated heterocycles. The number of ether oxygens (including phenoxy) is 1. The van der Waals surface area contributed by atoms with Gasteiger partial charge in [-0.05, 0) is 37.1 Å². The highest BCUT2D eigenvalue weighted by Gasteiger charge is 2.22. The summed E-state index contributed by atoms with van der Waals surface area (Å²) in [6, 6.07) is 17.2. The number of benzene rings is 2. The molecule has 2 aromatic carbocycles. The van der Waals surface area contributed by atoms with E-state index in [1.165, 1.54) is 25.5 Å². The van der Waals surface area contributed by atoms with Gasteiger partial charge in [0.15, 0.2) is 11.6 Å². The summed E-state index contributed by atoms with van der Waals surface area (Å²) < 4.78 is 5.99. The second kappa shape index (κ2) is 9.47. The van der Waals surface area contributed by atoms with Crippen LogP contribution in [0.4, 0.5) is 17.5 Å². The summed E-state index contributed by atoms with van der Waals surface area (Å²) >= 11 is 0. The molecule has 1 aliphatic rings. The maximum atomic E-state index is 11.8. The monoisotopic (exact) mass is 418 g/mol. The molecule has 1 aliphatic carbocycles. The minimum Gasteiger partial charge on any atom is -0.477 e. The number of aromatic nitrogens is 2. The molecule has 1 saturated carbocycles. The fourth-order valence-corrected chi connectivity index (χ4v) is 3.83. The number of carboxylic acids is 1. The minimum absolute atomic E-state index is 0.00954.